The number of benzene rings is 3. The zero-order chi connectivity index (χ0) is 32.5. The van der Waals surface area contributed by atoms with Crippen molar-refractivity contribution in [1.82, 2.24) is 15.6 Å². The van der Waals surface area contributed by atoms with E-state index >= 15 is 0 Å². The Balaban J connectivity index is 1.03. The first-order valence-corrected chi connectivity index (χ1v) is 15.8. The van der Waals surface area contributed by atoms with Gasteiger partial charge in [-0.2, -0.15) is 0 Å². The maximum atomic E-state index is 14.3. The van der Waals surface area contributed by atoms with E-state index in [1.54, 1.807) is 12.1 Å². The number of oxazole rings is 1. The van der Waals surface area contributed by atoms with E-state index in [-0.39, 0.29) is 34.3 Å². The summed E-state index contributed by atoms with van der Waals surface area (Å²) >= 11 is 0. The molecule has 0 aliphatic heterocycles. The first-order valence-electron chi connectivity index (χ1n) is 15.8. The minimum absolute atomic E-state index is 0.0492. The van der Waals surface area contributed by atoms with Crippen LogP contribution >= 0.6 is 0 Å². The fourth-order valence-electron chi connectivity index (χ4n) is 5.49. The lowest BCUT2D eigenvalue weighted by Crippen LogP contribution is -2.36. The second-order valence-corrected chi connectivity index (χ2v) is 11.8. The van der Waals surface area contributed by atoms with Crippen LogP contribution in [-0.2, 0) is 18.4 Å². The molecule has 1 atom stereocenters. The Hall–Kier alpha value is -4.54. The van der Waals surface area contributed by atoms with Gasteiger partial charge in [-0.15, -0.1) is 0 Å². The van der Waals surface area contributed by atoms with Crippen molar-refractivity contribution in [3.05, 3.63) is 107 Å². The lowest BCUT2D eigenvalue weighted by atomic mass is 10.00. The van der Waals surface area contributed by atoms with Gasteiger partial charge in [-0.3, -0.25) is 9.59 Å². The minimum Gasteiger partial charge on any atom is -0.493 e. The van der Waals surface area contributed by atoms with Crippen molar-refractivity contribution in [1.29, 1.82) is 0 Å². The zero-order valence-electron chi connectivity index (χ0n) is 26.1. The van der Waals surface area contributed by atoms with E-state index in [1.165, 1.54) is 47.9 Å². The van der Waals surface area contributed by atoms with Crippen LogP contribution in [0.25, 0.3) is 11.5 Å². The van der Waals surface area contributed by atoms with E-state index in [2.05, 4.69) is 46.8 Å². The summed E-state index contributed by atoms with van der Waals surface area (Å²) in [5.74, 6) is -0.700. The highest BCUT2D eigenvalue weighted by atomic mass is 19.1. The van der Waals surface area contributed by atoms with Crippen molar-refractivity contribution in [3.63, 3.8) is 0 Å². The van der Waals surface area contributed by atoms with Gasteiger partial charge in [0.05, 0.1) is 18.9 Å². The van der Waals surface area contributed by atoms with Crippen molar-refractivity contribution >= 4 is 11.8 Å². The number of carbonyl (C=O) groups excluding carboxylic acids is 2. The van der Waals surface area contributed by atoms with Crippen molar-refractivity contribution in [2.45, 2.75) is 63.5 Å². The van der Waals surface area contributed by atoms with Crippen molar-refractivity contribution in [2.24, 2.45) is 5.73 Å². The van der Waals surface area contributed by atoms with Crippen molar-refractivity contribution in [2.75, 3.05) is 19.7 Å². The molecule has 5 rings (SSSR count). The highest BCUT2D eigenvalue weighted by Crippen LogP contribution is 2.45. The zero-order valence-corrected chi connectivity index (χ0v) is 26.1. The Bertz CT molecular complexity index is 1640. The van der Waals surface area contributed by atoms with Crippen molar-refractivity contribution in [3.8, 4) is 17.2 Å². The number of aryl methyl sites for hydroxylation is 2. The van der Waals surface area contributed by atoms with Crippen LogP contribution < -0.4 is 21.1 Å². The van der Waals surface area contributed by atoms with Gasteiger partial charge >= 0.3 is 0 Å². The molecule has 1 aliphatic carbocycles. The van der Waals surface area contributed by atoms with E-state index < -0.39 is 12.0 Å². The number of rotatable bonds is 17. The number of amides is 2. The van der Waals surface area contributed by atoms with Crippen LogP contribution in [0.2, 0.25) is 0 Å². The fourth-order valence-corrected chi connectivity index (χ4v) is 5.49. The largest absolute Gasteiger partial charge is 0.493 e. The fraction of sp³-hybridized carbons (Fsp3) is 0.361. The van der Waals surface area contributed by atoms with Gasteiger partial charge in [0.25, 0.3) is 5.91 Å². The molecule has 3 aromatic carbocycles. The first kappa shape index (κ1) is 32.8. The molecule has 1 saturated carbocycles. The molecule has 0 unspecified atom stereocenters. The number of nitrogens with zero attached hydrogens (tertiary/aromatic N) is 1. The number of aromatic nitrogens is 1. The van der Waals surface area contributed by atoms with Gasteiger partial charge in [-0.05, 0) is 92.0 Å². The lowest BCUT2D eigenvalue weighted by Gasteiger charge is -2.21. The van der Waals surface area contributed by atoms with Crippen LogP contribution in [0, 0.1) is 5.82 Å². The number of primary amides is 1. The van der Waals surface area contributed by atoms with Gasteiger partial charge in [-0.1, -0.05) is 31.2 Å². The SMILES string of the molecule is CCc1cccc(C2(NC[C@@H](O)CCc3cc(F)cc(OCCCCNC(=O)c4cc(C(N)=O)cc(-c5ncco5)c4)c3)CC2)c1. The quantitative estimate of drug-likeness (QED) is 0.116. The molecule has 10 heteroatoms. The molecule has 4 aromatic rings. The third kappa shape index (κ3) is 8.80. The van der Waals surface area contributed by atoms with E-state index in [1.807, 2.05) is 0 Å². The highest BCUT2D eigenvalue weighted by Gasteiger charge is 2.44. The second kappa shape index (κ2) is 15.2. The maximum Gasteiger partial charge on any atom is 0.251 e. The standard InChI is InChI=1S/C36H41FN4O5/c1-2-24-6-5-7-29(16-24)36(10-11-36)41-23-31(42)9-8-25-17-30(37)22-32(18-25)45-14-4-3-12-39-34(44)27-19-26(33(38)43)20-28(21-27)35-40-13-15-46-35/h5-7,13,15-22,31,41-42H,2-4,8-12,14,23H2,1H3,(H2,38,43)(H,39,44)/t31-/m0/s1. The molecule has 1 heterocycles. The van der Waals surface area contributed by atoms with Gasteiger partial charge in [0.2, 0.25) is 11.8 Å². The van der Waals surface area contributed by atoms with E-state index in [0.29, 0.717) is 56.7 Å². The third-order valence-corrected chi connectivity index (χ3v) is 8.30. The van der Waals surface area contributed by atoms with Gasteiger partial charge in [0.15, 0.2) is 0 Å². The van der Waals surface area contributed by atoms with E-state index in [4.69, 9.17) is 14.9 Å². The average molecular weight is 629 g/mol. The minimum atomic E-state index is -0.663. The number of nitrogens with one attached hydrogen (secondary N) is 2. The predicted molar refractivity (Wildman–Crippen MR) is 173 cm³/mol. The number of hydrogen-bond donors (Lipinski definition) is 4. The molecule has 1 aliphatic rings. The summed E-state index contributed by atoms with van der Waals surface area (Å²) in [4.78, 5) is 28.6. The molecule has 46 heavy (non-hydrogen) atoms. The van der Waals surface area contributed by atoms with E-state index in [9.17, 15) is 19.1 Å². The molecule has 0 bridgehead atoms. The number of carbonyl (C=O) groups is 2. The van der Waals surface area contributed by atoms with Crippen LogP contribution in [0.5, 0.6) is 5.75 Å². The Morgan fingerprint density at radius 3 is 2.65 bits per heavy atom. The van der Waals surface area contributed by atoms with Crippen LogP contribution in [-0.4, -0.2) is 47.7 Å². The van der Waals surface area contributed by atoms with Crippen LogP contribution in [0.4, 0.5) is 4.39 Å². The maximum absolute atomic E-state index is 14.3. The van der Waals surface area contributed by atoms with Gasteiger partial charge in [-0.25, -0.2) is 9.37 Å². The second-order valence-electron chi connectivity index (χ2n) is 11.8. The van der Waals surface area contributed by atoms with Gasteiger partial charge in [0, 0.05) is 41.4 Å². The summed E-state index contributed by atoms with van der Waals surface area (Å²) < 4.78 is 25.4. The van der Waals surface area contributed by atoms with Crippen molar-refractivity contribution < 1.29 is 28.2 Å². The first-order chi connectivity index (χ1) is 22.2. The van der Waals surface area contributed by atoms with Crippen LogP contribution in [0.15, 0.2) is 77.5 Å². The van der Waals surface area contributed by atoms with Gasteiger partial charge in [0.1, 0.15) is 17.8 Å². The number of ether oxygens (including phenoxy) is 1. The molecule has 1 aromatic heterocycles. The molecule has 0 saturated heterocycles. The number of unbranched alkanes of at least 4 members (excludes halogenated alkanes) is 1. The molecule has 0 spiro atoms. The third-order valence-electron chi connectivity index (χ3n) is 8.30. The molecule has 242 valence electrons. The normalized spacial score (nSPS) is 14.1. The Morgan fingerprint density at radius 2 is 1.91 bits per heavy atom. The van der Waals surface area contributed by atoms with E-state index in [0.717, 1.165) is 24.8 Å². The molecular weight excluding hydrogens is 587 g/mol. The number of hydrogen-bond acceptors (Lipinski definition) is 7. The predicted octanol–water partition coefficient (Wildman–Crippen LogP) is 5.30. The molecule has 2 amide bonds. The van der Waals surface area contributed by atoms with Gasteiger partial charge < -0.3 is 30.6 Å². The topological polar surface area (TPSA) is 140 Å². The summed E-state index contributed by atoms with van der Waals surface area (Å²) in [6.07, 6.45) is 7.70. The monoisotopic (exact) mass is 628 g/mol. The summed E-state index contributed by atoms with van der Waals surface area (Å²) in [6, 6.07) is 17.8. The molecule has 9 nitrogen and oxygen atoms in total. The smallest absolute Gasteiger partial charge is 0.251 e. The molecular formula is C36H41FN4O5. The number of nitrogens with two attached hydrogens (primary N) is 1. The summed E-state index contributed by atoms with van der Waals surface area (Å²) in [7, 11) is 0. The molecule has 1 fully saturated rings. The number of aliphatic hydroxyl groups is 1. The van der Waals surface area contributed by atoms with Crippen LogP contribution in [0.3, 0.4) is 0 Å². The Morgan fingerprint density at radius 1 is 1.09 bits per heavy atom. The Kier molecular flexibility index (Phi) is 10.8. The highest BCUT2D eigenvalue weighted by molar-refractivity contribution is 6.00. The summed E-state index contributed by atoms with van der Waals surface area (Å²) in [6.45, 7) is 3.35. The summed E-state index contributed by atoms with van der Waals surface area (Å²) in [5, 5.41) is 17.1. The molecule has 0 radical (unpaired) electrons. The number of aliphatic hydroxyl groups excluding tert-OH is 1. The summed E-state index contributed by atoms with van der Waals surface area (Å²) in [5.41, 5.74) is 9.66. The molecule has 5 N–H and O–H groups in total. The average Bonchev–Trinajstić information content (AvgIpc) is 3.65. The number of halogens is 1. The van der Waals surface area contributed by atoms with Crippen LogP contribution in [0.1, 0.15) is 76.4 Å². The Labute approximate surface area is 268 Å². The lowest BCUT2D eigenvalue weighted by molar-refractivity contribution is 0.0952.